The van der Waals surface area contributed by atoms with Gasteiger partial charge in [-0.2, -0.15) is 0 Å². The van der Waals surface area contributed by atoms with Crippen LogP contribution in [0.1, 0.15) is 12.8 Å². The summed E-state index contributed by atoms with van der Waals surface area (Å²) in [5, 5.41) is 13.7. The van der Waals surface area contributed by atoms with Crippen LogP contribution in [-0.2, 0) is 14.8 Å². The smallest absolute Gasteiger partial charge is 0.271 e. The molecule has 0 aromatic heterocycles. The van der Waals surface area contributed by atoms with Gasteiger partial charge in [-0.3, -0.25) is 19.2 Å². The molecule has 0 aliphatic heterocycles. The van der Waals surface area contributed by atoms with Gasteiger partial charge in [0.15, 0.2) is 0 Å². The highest BCUT2D eigenvalue weighted by Crippen LogP contribution is 2.22. The van der Waals surface area contributed by atoms with E-state index in [2.05, 4.69) is 5.32 Å². The van der Waals surface area contributed by atoms with Gasteiger partial charge in [-0.1, -0.05) is 23.7 Å². The lowest BCUT2D eigenvalue weighted by Crippen LogP contribution is -2.31. The zero-order chi connectivity index (χ0) is 20.0. The van der Waals surface area contributed by atoms with Crippen molar-refractivity contribution in [2.75, 3.05) is 22.4 Å². The minimum atomic E-state index is -3.54. The Balaban J connectivity index is 1.97. The van der Waals surface area contributed by atoms with Crippen LogP contribution in [0, 0.1) is 10.1 Å². The standard InChI is InChI=1S/C17H18ClN3O5S/c1-27(25,26)20(15-7-2-5-13(18)11-15)10-4-9-17(22)19-14-6-3-8-16(12-14)21(23)24/h2-3,5-8,11-12H,4,9-10H2,1H3,(H,19,22). The molecule has 144 valence electrons. The second-order valence-corrected chi connectivity index (χ2v) is 8.12. The molecule has 0 heterocycles. The van der Waals surface area contributed by atoms with Gasteiger partial charge in [-0.05, 0) is 30.7 Å². The number of rotatable bonds is 8. The maximum Gasteiger partial charge on any atom is 0.271 e. The van der Waals surface area contributed by atoms with Crippen molar-refractivity contribution in [3.63, 3.8) is 0 Å². The molecule has 0 fully saturated rings. The summed E-state index contributed by atoms with van der Waals surface area (Å²) in [5.74, 6) is -0.366. The maximum absolute atomic E-state index is 12.0. The fraction of sp³-hybridized carbons (Fsp3) is 0.235. The minimum absolute atomic E-state index is 0.0509. The highest BCUT2D eigenvalue weighted by Gasteiger charge is 2.18. The van der Waals surface area contributed by atoms with E-state index in [9.17, 15) is 23.3 Å². The van der Waals surface area contributed by atoms with E-state index in [0.717, 1.165) is 6.26 Å². The first-order valence-corrected chi connectivity index (χ1v) is 10.2. The molecule has 1 amide bonds. The number of hydrogen-bond donors (Lipinski definition) is 1. The van der Waals surface area contributed by atoms with Crippen LogP contribution in [0.25, 0.3) is 0 Å². The first kappa shape index (κ1) is 20.7. The Kier molecular flexibility index (Phi) is 6.75. The fourth-order valence-corrected chi connectivity index (χ4v) is 3.56. The summed E-state index contributed by atoms with van der Waals surface area (Å²) in [7, 11) is -3.54. The molecule has 2 aromatic carbocycles. The lowest BCUT2D eigenvalue weighted by atomic mass is 10.2. The average Bonchev–Trinajstić information content (AvgIpc) is 2.57. The second kappa shape index (κ2) is 8.83. The number of hydrogen-bond acceptors (Lipinski definition) is 5. The van der Waals surface area contributed by atoms with Crippen LogP contribution in [0.4, 0.5) is 17.1 Å². The van der Waals surface area contributed by atoms with Crippen LogP contribution in [-0.4, -0.2) is 32.0 Å². The predicted molar refractivity (Wildman–Crippen MR) is 105 cm³/mol. The van der Waals surface area contributed by atoms with Gasteiger partial charge in [0.25, 0.3) is 5.69 Å². The zero-order valence-corrected chi connectivity index (χ0v) is 16.0. The van der Waals surface area contributed by atoms with Gasteiger partial charge in [-0.25, -0.2) is 8.42 Å². The molecule has 1 N–H and O–H groups in total. The lowest BCUT2D eigenvalue weighted by Gasteiger charge is -2.22. The molecule has 0 bridgehead atoms. The van der Waals surface area contributed by atoms with Crippen LogP contribution >= 0.6 is 11.6 Å². The summed E-state index contributed by atoms with van der Waals surface area (Å²) in [6, 6.07) is 12.0. The number of non-ortho nitro benzene ring substituents is 1. The third kappa shape index (κ3) is 6.22. The highest BCUT2D eigenvalue weighted by atomic mass is 35.5. The fourth-order valence-electron chi connectivity index (χ4n) is 2.42. The molecule has 0 radical (unpaired) electrons. The van der Waals surface area contributed by atoms with Gasteiger partial charge in [0, 0.05) is 35.8 Å². The summed E-state index contributed by atoms with van der Waals surface area (Å²) in [6.07, 6.45) is 1.40. The van der Waals surface area contributed by atoms with E-state index in [1.54, 1.807) is 24.3 Å². The summed E-state index contributed by atoms with van der Waals surface area (Å²) in [4.78, 5) is 22.3. The Labute approximate surface area is 162 Å². The van der Waals surface area contributed by atoms with E-state index in [1.165, 1.54) is 28.6 Å². The summed E-state index contributed by atoms with van der Waals surface area (Å²) in [5.41, 5.74) is 0.602. The van der Waals surface area contributed by atoms with Gasteiger partial charge in [0.05, 0.1) is 16.9 Å². The Bertz CT molecular complexity index is 949. The number of nitrogens with one attached hydrogen (secondary N) is 1. The summed E-state index contributed by atoms with van der Waals surface area (Å²) in [6.45, 7) is 0.0987. The number of benzene rings is 2. The van der Waals surface area contributed by atoms with E-state index in [-0.39, 0.29) is 31.0 Å². The van der Waals surface area contributed by atoms with Crippen molar-refractivity contribution in [2.45, 2.75) is 12.8 Å². The zero-order valence-electron chi connectivity index (χ0n) is 14.5. The largest absolute Gasteiger partial charge is 0.326 e. The molecule has 0 unspecified atom stereocenters. The Hall–Kier alpha value is -2.65. The van der Waals surface area contributed by atoms with Crippen LogP contribution in [0.5, 0.6) is 0 Å². The van der Waals surface area contributed by atoms with Gasteiger partial charge in [-0.15, -0.1) is 0 Å². The monoisotopic (exact) mass is 411 g/mol. The molecule has 0 saturated carbocycles. The number of carbonyl (C=O) groups is 1. The van der Waals surface area contributed by atoms with Crippen LogP contribution < -0.4 is 9.62 Å². The van der Waals surface area contributed by atoms with Crippen LogP contribution in [0.3, 0.4) is 0 Å². The van der Waals surface area contributed by atoms with Crippen molar-refractivity contribution in [3.05, 3.63) is 63.7 Å². The number of halogens is 1. The molecule has 2 rings (SSSR count). The molecule has 10 heteroatoms. The SMILES string of the molecule is CS(=O)(=O)N(CCCC(=O)Nc1cccc([N+](=O)[O-])c1)c1cccc(Cl)c1. The predicted octanol–water partition coefficient (Wildman–Crippen LogP) is 3.43. The molecule has 27 heavy (non-hydrogen) atoms. The van der Waals surface area contributed by atoms with Crippen molar-refractivity contribution in [2.24, 2.45) is 0 Å². The minimum Gasteiger partial charge on any atom is -0.326 e. The van der Waals surface area contributed by atoms with Gasteiger partial charge in [0.2, 0.25) is 15.9 Å². The van der Waals surface area contributed by atoms with Gasteiger partial charge >= 0.3 is 0 Å². The first-order valence-electron chi connectivity index (χ1n) is 7.94. The Morgan fingerprint density at radius 2 is 1.93 bits per heavy atom. The average molecular weight is 412 g/mol. The maximum atomic E-state index is 12.0. The molecular weight excluding hydrogens is 394 g/mol. The normalized spacial score (nSPS) is 11.0. The van der Waals surface area contributed by atoms with Crippen molar-refractivity contribution in [1.82, 2.24) is 0 Å². The number of amides is 1. The van der Waals surface area contributed by atoms with E-state index in [0.29, 0.717) is 16.4 Å². The molecular formula is C17H18ClN3O5S. The number of nitro benzene ring substituents is 1. The molecule has 0 spiro atoms. The topological polar surface area (TPSA) is 110 Å². The number of nitrogens with zero attached hydrogens (tertiary/aromatic N) is 2. The van der Waals surface area contributed by atoms with Crippen LogP contribution in [0.15, 0.2) is 48.5 Å². The molecule has 8 nitrogen and oxygen atoms in total. The van der Waals surface area contributed by atoms with E-state index in [1.807, 2.05) is 0 Å². The van der Waals surface area contributed by atoms with Crippen molar-refractivity contribution < 1.29 is 18.1 Å². The molecule has 0 saturated heterocycles. The summed E-state index contributed by atoms with van der Waals surface area (Å²) < 4.78 is 25.2. The summed E-state index contributed by atoms with van der Waals surface area (Å²) >= 11 is 5.92. The van der Waals surface area contributed by atoms with Crippen molar-refractivity contribution in [3.8, 4) is 0 Å². The second-order valence-electron chi connectivity index (χ2n) is 5.77. The number of nitro groups is 1. The van der Waals surface area contributed by atoms with Crippen molar-refractivity contribution in [1.29, 1.82) is 0 Å². The molecule has 2 aromatic rings. The van der Waals surface area contributed by atoms with Crippen molar-refractivity contribution >= 4 is 44.6 Å². The number of sulfonamides is 1. The number of carbonyl (C=O) groups excluding carboxylic acids is 1. The van der Waals surface area contributed by atoms with E-state index in [4.69, 9.17) is 11.6 Å². The van der Waals surface area contributed by atoms with E-state index >= 15 is 0 Å². The van der Waals surface area contributed by atoms with Gasteiger partial charge < -0.3 is 5.32 Å². The lowest BCUT2D eigenvalue weighted by molar-refractivity contribution is -0.384. The third-order valence-corrected chi connectivity index (χ3v) is 5.03. The molecule has 0 atom stereocenters. The quantitative estimate of drug-likeness (QED) is 0.528. The third-order valence-electron chi connectivity index (χ3n) is 3.60. The molecule has 0 aliphatic rings. The number of anilines is 2. The first-order chi connectivity index (χ1) is 12.7. The van der Waals surface area contributed by atoms with Gasteiger partial charge in [0.1, 0.15) is 0 Å². The molecule has 0 aliphatic carbocycles. The highest BCUT2D eigenvalue weighted by molar-refractivity contribution is 7.92. The van der Waals surface area contributed by atoms with Crippen LogP contribution in [0.2, 0.25) is 5.02 Å². The van der Waals surface area contributed by atoms with E-state index < -0.39 is 14.9 Å². The Morgan fingerprint density at radius 3 is 2.56 bits per heavy atom. The Morgan fingerprint density at radius 1 is 1.22 bits per heavy atom.